The van der Waals surface area contributed by atoms with Crippen LogP contribution in [0.2, 0.25) is 0 Å². The SMILES string of the molecule is CCC(C(=O)O)n1c2c(c3cc(F)ccc31)C[C@@H](N(CCc1ccccc1)C(=O)CCc1ccccc1OC)CC2. The predicted octanol–water partition coefficient (Wildman–Crippen LogP) is 6.39. The molecule has 4 aromatic rings. The van der Waals surface area contributed by atoms with E-state index in [0.717, 1.165) is 51.9 Å². The Labute approximate surface area is 240 Å². The van der Waals surface area contributed by atoms with E-state index in [1.165, 1.54) is 12.1 Å². The highest BCUT2D eigenvalue weighted by Crippen LogP contribution is 2.37. The maximum Gasteiger partial charge on any atom is 0.326 e. The van der Waals surface area contributed by atoms with Gasteiger partial charge in [0.05, 0.1) is 7.11 Å². The van der Waals surface area contributed by atoms with Gasteiger partial charge in [0.2, 0.25) is 5.91 Å². The Balaban J connectivity index is 1.46. The summed E-state index contributed by atoms with van der Waals surface area (Å²) >= 11 is 0. The molecule has 0 radical (unpaired) electrons. The second-order valence-corrected chi connectivity index (χ2v) is 10.8. The fourth-order valence-corrected chi connectivity index (χ4v) is 6.34. The monoisotopic (exact) mass is 556 g/mol. The first-order chi connectivity index (χ1) is 19.9. The van der Waals surface area contributed by atoms with Gasteiger partial charge in [-0.1, -0.05) is 55.5 Å². The summed E-state index contributed by atoms with van der Waals surface area (Å²) in [6, 6.07) is 21.7. The molecular weight excluding hydrogens is 519 g/mol. The maximum absolute atomic E-state index is 14.5. The van der Waals surface area contributed by atoms with Crippen molar-refractivity contribution in [1.82, 2.24) is 9.47 Å². The number of rotatable bonds is 11. The average molecular weight is 557 g/mol. The van der Waals surface area contributed by atoms with E-state index in [1.54, 1.807) is 13.2 Å². The standard InChI is InChI=1S/C34H37FN2O4/c1-3-29(34(39)40)37-30-16-14-25(35)21-27(30)28-22-26(15-17-31(28)37)36(20-19-23-9-5-4-6-10-23)33(38)18-13-24-11-7-8-12-32(24)41-2/h4-12,14,16,21,26,29H,3,13,15,17-20,22H2,1-2H3,(H,39,40)/t26-,29?/m0/s1. The molecule has 1 heterocycles. The largest absolute Gasteiger partial charge is 0.496 e. The molecule has 214 valence electrons. The van der Waals surface area contributed by atoms with Gasteiger partial charge in [-0.15, -0.1) is 0 Å². The minimum absolute atomic E-state index is 0.0661. The van der Waals surface area contributed by atoms with Crippen LogP contribution in [0.25, 0.3) is 10.9 Å². The van der Waals surface area contributed by atoms with E-state index in [9.17, 15) is 19.1 Å². The Morgan fingerprint density at radius 3 is 2.56 bits per heavy atom. The highest BCUT2D eigenvalue weighted by molar-refractivity contribution is 5.88. The molecule has 5 rings (SSSR count). The lowest BCUT2D eigenvalue weighted by Gasteiger charge is -2.35. The van der Waals surface area contributed by atoms with Crippen LogP contribution in [0.5, 0.6) is 5.75 Å². The molecule has 1 aliphatic carbocycles. The molecule has 3 aromatic carbocycles. The predicted molar refractivity (Wildman–Crippen MR) is 158 cm³/mol. The Kier molecular flexibility index (Phi) is 8.72. The van der Waals surface area contributed by atoms with Crippen LogP contribution in [-0.4, -0.2) is 46.1 Å². The molecule has 0 bridgehead atoms. The van der Waals surface area contributed by atoms with Crippen molar-refractivity contribution in [2.24, 2.45) is 0 Å². The number of aliphatic carboxylic acids is 1. The number of carboxylic acid groups (broad SMARTS) is 1. The Morgan fingerprint density at radius 2 is 1.83 bits per heavy atom. The van der Waals surface area contributed by atoms with Crippen LogP contribution in [0.15, 0.2) is 72.8 Å². The van der Waals surface area contributed by atoms with Crippen molar-refractivity contribution in [1.29, 1.82) is 0 Å². The third kappa shape index (κ3) is 5.99. The molecule has 1 aromatic heterocycles. The molecule has 0 fully saturated rings. The van der Waals surface area contributed by atoms with Gasteiger partial charge in [-0.2, -0.15) is 0 Å². The number of ether oxygens (including phenoxy) is 1. The number of benzene rings is 3. The van der Waals surface area contributed by atoms with Crippen molar-refractivity contribution < 1.29 is 23.8 Å². The number of nitrogens with zero attached hydrogens (tertiary/aromatic N) is 2. The van der Waals surface area contributed by atoms with Crippen LogP contribution in [0.1, 0.15) is 54.6 Å². The molecule has 1 aliphatic rings. The zero-order chi connectivity index (χ0) is 28.9. The molecule has 7 heteroatoms. The summed E-state index contributed by atoms with van der Waals surface area (Å²) in [5.41, 5.74) is 4.80. The van der Waals surface area contributed by atoms with Crippen LogP contribution in [0.4, 0.5) is 4.39 Å². The summed E-state index contributed by atoms with van der Waals surface area (Å²) in [6.07, 6.45) is 4.00. The van der Waals surface area contributed by atoms with Gasteiger partial charge in [0.1, 0.15) is 17.6 Å². The van der Waals surface area contributed by atoms with Crippen LogP contribution in [0, 0.1) is 5.82 Å². The summed E-state index contributed by atoms with van der Waals surface area (Å²) in [6.45, 7) is 2.44. The van der Waals surface area contributed by atoms with Crippen LogP contribution < -0.4 is 4.74 Å². The third-order valence-corrected chi connectivity index (χ3v) is 8.37. The number of methoxy groups -OCH3 is 1. The fraction of sp³-hybridized carbons (Fsp3) is 0.353. The topological polar surface area (TPSA) is 71.8 Å². The number of hydrogen-bond donors (Lipinski definition) is 1. The highest BCUT2D eigenvalue weighted by atomic mass is 19.1. The van der Waals surface area contributed by atoms with Crippen LogP contribution in [-0.2, 0) is 35.3 Å². The van der Waals surface area contributed by atoms with E-state index in [0.29, 0.717) is 38.6 Å². The molecule has 1 amide bonds. The zero-order valence-corrected chi connectivity index (χ0v) is 23.7. The number of carbonyl (C=O) groups is 2. The number of amides is 1. The van der Waals surface area contributed by atoms with Crippen molar-refractivity contribution in [2.75, 3.05) is 13.7 Å². The number of carbonyl (C=O) groups excluding carboxylic acids is 1. The first-order valence-corrected chi connectivity index (χ1v) is 14.4. The fourth-order valence-electron chi connectivity index (χ4n) is 6.34. The van der Waals surface area contributed by atoms with Gasteiger partial charge in [-0.05, 0) is 79.5 Å². The van der Waals surface area contributed by atoms with Crippen molar-refractivity contribution in [3.63, 3.8) is 0 Å². The maximum atomic E-state index is 14.5. The minimum atomic E-state index is -0.894. The van der Waals surface area contributed by atoms with Gasteiger partial charge in [0.15, 0.2) is 0 Å². The van der Waals surface area contributed by atoms with Gasteiger partial charge >= 0.3 is 5.97 Å². The third-order valence-electron chi connectivity index (χ3n) is 8.37. The molecule has 0 saturated carbocycles. The van der Waals surface area contributed by atoms with E-state index in [-0.39, 0.29) is 17.8 Å². The lowest BCUT2D eigenvalue weighted by Crippen LogP contribution is -2.44. The number of hydrogen-bond acceptors (Lipinski definition) is 3. The summed E-state index contributed by atoms with van der Waals surface area (Å²) in [5, 5.41) is 10.7. The lowest BCUT2D eigenvalue weighted by atomic mass is 9.89. The van der Waals surface area contributed by atoms with E-state index in [4.69, 9.17) is 4.74 Å². The van der Waals surface area contributed by atoms with E-state index >= 15 is 0 Å². The van der Waals surface area contributed by atoms with Crippen molar-refractivity contribution in [3.8, 4) is 5.75 Å². The number of halogens is 1. The summed E-state index contributed by atoms with van der Waals surface area (Å²) < 4.78 is 21.9. The number of aromatic nitrogens is 1. The Morgan fingerprint density at radius 1 is 1.07 bits per heavy atom. The molecule has 1 unspecified atom stereocenters. The molecule has 41 heavy (non-hydrogen) atoms. The number of aryl methyl sites for hydroxylation is 1. The molecule has 1 N–H and O–H groups in total. The highest BCUT2D eigenvalue weighted by Gasteiger charge is 2.34. The van der Waals surface area contributed by atoms with Gasteiger partial charge in [-0.3, -0.25) is 4.79 Å². The van der Waals surface area contributed by atoms with Gasteiger partial charge < -0.3 is 19.3 Å². The van der Waals surface area contributed by atoms with Gasteiger partial charge in [0, 0.05) is 35.6 Å². The smallest absolute Gasteiger partial charge is 0.326 e. The van der Waals surface area contributed by atoms with Crippen molar-refractivity contribution >= 4 is 22.8 Å². The normalized spacial score (nSPS) is 15.3. The van der Waals surface area contributed by atoms with E-state index in [2.05, 4.69) is 12.1 Å². The van der Waals surface area contributed by atoms with Crippen LogP contribution in [0.3, 0.4) is 0 Å². The first kappa shape index (κ1) is 28.4. The van der Waals surface area contributed by atoms with Crippen molar-refractivity contribution in [2.45, 2.75) is 64.0 Å². The molecule has 0 aliphatic heterocycles. The molecular formula is C34H37FN2O4. The van der Waals surface area contributed by atoms with Gasteiger partial charge in [-0.25, -0.2) is 9.18 Å². The van der Waals surface area contributed by atoms with Gasteiger partial charge in [0.25, 0.3) is 0 Å². The summed E-state index contributed by atoms with van der Waals surface area (Å²) in [5.74, 6) is -0.393. The zero-order valence-electron chi connectivity index (χ0n) is 23.7. The lowest BCUT2D eigenvalue weighted by molar-refractivity contribution is -0.141. The minimum Gasteiger partial charge on any atom is -0.496 e. The number of fused-ring (bicyclic) bond motifs is 3. The molecule has 0 spiro atoms. The molecule has 2 atom stereocenters. The van der Waals surface area contributed by atoms with E-state index in [1.807, 2.05) is 58.9 Å². The summed E-state index contributed by atoms with van der Waals surface area (Å²) in [7, 11) is 1.64. The second-order valence-electron chi connectivity index (χ2n) is 10.8. The number of para-hydroxylation sites is 1. The Hall–Kier alpha value is -4.13. The van der Waals surface area contributed by atoms with Crippen molar-refractivity contribution in [3.05, 3.63) is 101 Å². The number of carboxylic acids is 1. The molecule has 0 saturated heterocycles. The second kappa shape index (κ2) is 12.6. The van der Waals surface area contributed by atoms with E-state index < -0.39 is 12.0 Å². The summed E-state index contributed by atoms with van der Waals surface area (Å²) in [4.78, 5) is 28.0. The first-order valence-electron chi connectivity index (χ1n) is 14.4. The quantitative estimate of drug-likeness (QED) is 0.233. The van der Waals surface area contributed by atoms with Crippen LogP contribution >= 0.6 is 0 Å². The molecule has 6 nitrogen and oxygen atoms in total. The average Bonchev–Trinajstić information content (AvgIpc) is 3.29. The Bertz CT molecular complexity index is 1530.